The number of rotatable bonds is 9. The third-order valence-corrected chi connectivity index (χ3v) is 6.58. The molecule has 0 radical (unpaired) electrons. The molecule has 0 saturated heterocycles. The second-order valence-corrected chi connectivity index (χ2v) is 9.32. The molecule has 0 saturated carbocycles. The van der Waals surface area contributed by atoms with Crippen molar-refractivity contribution >= 4 is 40.0 Å². The Morgan fingerprint density at radius 3 is 2.61 bits per heavy atom. The molecule has 0 aliphatic heterocycles. The normalized spacial score (nSPS) is 11.5. The van der Waals surface area contributed by atoms with E-state index in [9.17, 15) is 9.59 Å². The zero-order valence-corrected chi connectivity index (χ0v) is 20.1. The van der Waals surface area contributed by atoms with Crippen LogP contribution in [0.5, 0.6) is 0 Å². The lowest BCUT2D eigenvalue weighted by Crippen LogP contribution is -2.23. The number of aromatic nitrogens is 4. The summed E-state index contributed by atoms with van der Waals surface area (Å²) in [6.45, 7) is 6.94. The molecule has 0 spiro atoms. The van der Waals surface area contributed by atoms with E-state index < -0.39 is 0 Å². The lowest BCUT2D eigenvalue weighted by atomic mass is 10.0. The Bertz CT molecular complexity index is 1340. The van der Waals surface area contributed by atoms with Crippen molar-refractivity contribution in [3.63, 3.8) is 0 Å². The van der Waals surface area contributed by atoms with Gasteiger partial charge in [0.15, 0.2) is 5.16 Å². The van der Waals surface area contributed by atoms with Crippen LogP contribution in [0.4, 0.5) is 5.69 Å². The van der Waals surface area contributed by atoms with Crippen molar-refractivity contribution in [2.45, 2.75) is 57.7 Å². The van der Waals surface area contributed by atoms with Gasteiger partial charge in [0.25, 0.3) is 5.56 Å². The van der Waals surface area contributed by atoms with Crippen molar-refractivity contribution in [1.82, 2.24) is 19.2 Å². The molecule has 2 aromatic carbocycles. The van der Waals surface area contributed by atoms with Crippen LogP contribution in [0, 0.1) is 0 Å². The minimum atomic E-state index is -0.106. The minimum absolute atomic E-state index is 0.0545. The Kier molecular flexibility index (Phi) is 7.13. The van der Waals surface area contributed by atoms with Gasteiger partial charge in [-0.2, -0.15) is 0 Å². The summed E-state index contributed by atoms with van der Waals surface area (Å²) in [7, 11) is 0. The lowest BCUT2D eigenvalue weighted by molar-refractivity contribution is -0.113. The summed E-state index contributed by atoms with van der Waals surface area (Å²) in [5.41, 5.74) is 2.63. The van der Waals surface area contributed by atoms with Crippen molar-refractivity contribution in [2.24, 2.45) is 0 Å². The van der Waals surface area contributed by atoms with Gasteiger partial charge in [0.1, 0.15) is 0 Å². The molecule has 7 nitrogen and oxygen atoms in total. The van der Waals surface area contributed by atoms with Gasteiger partial charge >= 0.3 is 0 Å². The van der Waals surface area contributed by atoms with Gasteiger partial charge in [-0.3, -0.25) is 18.6 Å². The van der Waals surface area contributed by atoms with Crippen LogP contribution in [-0.4, -0.2) is 30.8 Å². The predicted octanol–water partition coefficient (Wildman–Crippen LogP) is 5.09. The maximum Gasteiger partial charge on any atom is 0.262 e. The van der Waals surface area contributed by atoms with E-state index in [1.54, 1.807) is 4.57 Å². The summed E-state index contributed by atoms with van der Waals surface area (Å²) in [5.74, 6) is 0.912. The molecule has 0 unspecified atom stereocenters. The number of hydrogen-bond donors (Lipinski definition) is 1. The molecule has 2 heterocycles. The molecule has 1 amide bonds. The fourth-order valence-electron chi connectivity index (χ4n) is 3.98. The van der Waals surface area contributed by atoms with Crippen LogP contribution in [-0.2, 0) is 11.3 Å². The molecule has 4 aromatic rings. The third-order valence-electron chi connectivity index (χ3n) is 5.65. The maximum atomic E-state index is 13.1. The largest absolute Gasteiger partial charge is 0.325 e. The average molecular weight is 464 g/mol. The van der Waals surface area contributed by atoms with Crippen LogP contribution in [0.3, 0.4) is 0 Å². The fraction of sp³-hybridized carbons (Fsp3) is 0.360. The monoisotopic (exact) mass is 463 g/mol. The molecule has 8 heteroatoms. The van der Waals surface area contributed by atoms with E-state index >= 15 is 0 Å². The summed E-state index contributed by atoms with van der Waals surface area (Å²) in [5, 5.41) is 12.9. The topological polar surface area (TPSA) is 81.3 Å². The van der Waals surface area contributed by atoms with Gasteiger partial charge in [0.2, 0.25) is 11.7 Å². The van der Waals surface area contributed by atoms with E-state index in [1.165, 1.54) is 11.8 Å². The summed E-state index contributed by atoms with van der Waals surface area (Å²) in [6, 6.07) is 15.3. The van der Waals surface area contributed by atoms with Crippen LogP contribution >= 0.6 is 11.8 Å². The standard InChI is InChI=1S/C25H29N5O2S/c1-4-5-10-15-29-23(32)19-12-7-9-14-21(19)30-24(29)27-28-25(30)33-16-22(31)26-20-13-8-6-11-18(20)17(2)3/h6-9,11-14,17H,4-5,10,15-16H2,1-3H3,(H,26,31). The lowest BCUT2D eigenvalue weighted by Gasteiger charge is -2.13. The Labute approximate surface area is 197 Å². The highest BCUT2D eigenvalue weighted by atomic mass is 32.2. The van der Waals surface area contributed by atoms with E-state index in [1.807, 2.05) is 52.9 Å². The molecule has 0 fully saturated rings. The molecule has 0 aliphatic carbocycles. The Morgan fingerprint density at radius 1 is 1.06 bits per heavy atom. The van der Waals surface area contributed by atoms with Gasteiger partial charge in [-0.1, -0.05) is 75.7 Å². The molecular weight excluding hydrogens is 434 g/mol. The number of carbonyl (C=O) groups excluding carboxylic acids is 1. The van der Waals surface area contributed by atoms with Gasteiger partial charge in [-0.15, -0.1) is 10.2 Å². The predicted molar refractivity (Wildman–Crippen MR) is 134 cm³/mol. The summed E-state index contributed by atoms with van der Waals surface area (Å²) in [4.78, 5) is 25.8. The molecule has 0 aliphatic rings. The Morgan fingerprint density at radius 2 is 1.82 bits per heavy atom. The van der Waals surface area contributed by atoms with Crippen LogP contribution in [0.25, 0.3) is 16.7 Å². The maximum absolute atomic E-state index is 13.1. The van der Waals surface area contributed by atoms with Gasteiger partial charge in [-0.05, 0) is 36.1 Å². The summed E-state index contributed by atoms with van der Waals surface area (Å²) in [6.07, 6.45) is 3.01. The second kappa shape index (κ2) is 10.2. The molecule has 4 rings (SSSR count). The highest BCUT2D eigenvalue weighted by Crippen LogP contribution is 2.25. The van der Waals surface area contributed by atoms with Crippen LogP contribution in [0.1, 0.15) is 51.5 Å². The van der Waals surface area contributed by atoms with Crippen molar-refractivity contribution in [3.05, 3.63) is 64.4 Å². The number of aryl methyl sites for hydroxylation is 1. The molecule has 33 heavy (non-hydrogen) atoms. The number of amides is 1. The quantitative estimate of drug-likeness (QED) is 0.276. The van der Waals surface area contributed by atoms with Gasteiger partial charge < -0.3 is 5.32 Å². The van der Waals surface area contributed by atoms with Crippen LogP contribution in [0.2, 0.25) is 0 Å². The number of unbranched alkanes of at least 4 members (excludes halogenated alkanes) is 2. The third kappa shape index (κ3) is 4.80. The first kappa shape index (κ1) is 23.0. The van der Waals surface area contributed by atoms with Crippen LogP contribution < -0.4 is 10.9 Å². The Balaban J connectivity index is 1.63. The highest BCUT2D eigenvalue weighted by molar-refractivity contribution is 7.99. The summed E-state index contributed by atoms with van der Waals surface area (Å²) >= 11 is 1.32. The van der Waals surface area contributed by atoms with Crippen molar-refractivity contribution in [1.29, 1.82) is 0 Å². The SMILES string of the molecule is CCCCCn1c(=O)c2ccccc2n2c(SCC(=O)Nc3ccccc3C(C)C)nnc12. The Hall–Kier alpha value is -3.13. The molecule has 172 valence electrons. The van der Waals surface area contributed by atoms with Crippen molar-refractivity contribution < 1.29 is 4.79 Å². The first-order chi connectivity index (χ1) is 16.0. The number of thioether (sulfide) groups is 1. The van der Waals surface area contributed by atoms with Crippen molar-refractivity contribution in [2.75, 3.05) is 11.1 Å². The zero-order chi connectivity index (χ0) is 23.4. The number of carbonyl (C=O) groups is 1. The first-order valence-electron chi connectivity index (χ1n) is 11.4. The number of anilines is 1. The van der Waals surface area contributed by atoms with E-state index in [0.29, 0.717) is 28.8 Å². The number of para-hydroxylation sites is 2. The summed E-state index contributed by atoms with van der Waals surface area (Å²) < 4.78 is 3.59. The second-order valence-electron chi connectivity index (χ2n) is 8.38. The number of fused-ring (bicyclic) bond motifs is 3. The molecular formula is C25H29N5O2S. The first-order valence-corrected chi connectivity index (χ1v) is 12.4. The number of hydrogen-bond acceptors (Lipinski definition) is 5. The smallest absolute Gasteiger partial charge is 0.262 e. The number of nitrogens with zero attached hydrogens (tertiary/aromatic N) is 4. The van der Waals surface area contributed by atoms with Gasteiger partial charge in [0, 0.05) is 12.2 Å². The number of benzene rings is 2. The van der Waals surface area contributed by atoms with Gasteiger partial charge in [0.05, 0.1) is 16.7 Å². The highest BCUT2D eigenvalue weighted by Gasteiger charge is 2.18. The number of nitrogens with one attached hydrogen (secondary N) is 1. The van der Waals surface area contributed by atoms with E-state index in [2.05, 4.69) is 36.3 Å². The van der Waals surface area contributed by atoms with Crippen LogP contribution in [0.15, 0.2) is 58.5 Å². The molecule has 0 bridgehead atoms. The molecule has 2 aromatic heterocycles. The minimum Gasteiger partial charge on any atom is -0.325 e. The van der Waals surface area contributed by atoms with E-state index in [4.69, 9.17) is 0 Å². The average Bonchev–Trinajstić information content (AvgIpc) is 3.24. The van der Waals surface area contributed by atoms with E-state index in [-0.39, 0.29) is 17.2 Å². The van der Waals surface area contributed by atoms with E-state index in [0.717, 1.165) is 36.0 Å². The van der Waals surface area contributed by atoms with Gasteiger partial charge in [-0.25, -0.2) is 0 Å². The van der Waals surface area contributed by atoms with Crippen molar-refractivity contribution in [3.8, 4) is 0 Å². The zero-order valence-electron chi connectivity index (χ0n) is 19.2. The fourth-order valence-corrected chi connectivity index (χ4v) is 4.72. The molecule has 1 N–H and O–H groups in total. The molecule has 0 atom stereocenters.